The molecule has 28 heavy (non-hydrogen) atoms. The van der Waals surface area contributed by atoms with Gasteiger partial charge in [0, 0.05) is 22.5 Å². The quantitative estimate of drug-likeness (QED) is 0.609. The molecule has 0 spiro atoms. The Labute approximate surface area is 178 Å². The van der Waals surface area contributed by atoms with Gasteiger partial charge >= 0.3 is 0 Å². The molecule has 7 heteroatoms. The molecule has 5 nitrogen and oxygen atoms in total. The zero-order valence-electron chi connectivity index (χ0n) is 16.4. The Kier molecular flexibility index (Phi) is 5.56. The van der Waals surface area contributed by atoms with Crippen molar-refractivity contribution in [2.45, 2.75) is 44.2 Å². The maximum Gasteiger partial charge on any atom is 0.162 e. The van der Waals surface area contributed by atoms with E-state index in [0.717, 1.165) is 38.9 Å². The summed E-state index contributed by atoms with van der Waals surface area (Å²) in [4.78, 5) is 12.0. The second kappa shape index (κ2) is 7.95. The minimum atomic E-state index is -0.0472. The highest BCUT2D eigenvalue weighted by atomic mass is 79.9. The molecular formula is C21H24BrN3O2S. The topological polar surface area (TPSA) is 47.0 Å². The van der Waals surface area contributed by atoms with E-state index in [-0.39, 0.29) is 18.2 Å². The number of halogens is 1. The highest BCUT2D eigenvalue weighted by molar-refractivity contribution is 9.10. The first kappa shape index (κ1) is 19.6. The molecule has 0 aliphatic carbocycles. The third-order valence-corrected chi connectivity index (χ3v) is 6.63. The van der Waals surface area contributed by atoms with Crippen molar-refractivity contribution in [2.75, 3.05) is 13.7 Å². The second-order valence-electron chi connectivity index (χ2n) is 7.33. The van der Waals surface area contributed by atoms with Crippen LogP contribution in [-0.2, 0) is 0 Å². The number of thioether (sulfide) groups is 1. The predicted octanol–water partition coefficient (Wildman–Crippen LogP) is 5.23. The van der Waals surface area contributed by atoms with E-state index >= 15 is 0 Å². The zero-order chi connectivity index (χ0) is 19.8. The molecule has 2 aliphatic rings. The molecule has 1 aromatic carbocycles. The fraction of sp³-hybridized carbons (Fsp3) is 0.429. The van der Waals surface area contributed by atoms with Crippen LogP contribution in [0.2, 0.25) is 0 Å². The minimum Gasteiger partial charge on any atom is -0.493 e. The number of hydrogen-bond donors (Lipinski definition) is 0. The van der Waals surface area contributed by atoms with E-state index in [1.165, 1.54) is 0 Å². The van der Waals surface area contributed by atoms with Gasteiger partial charge in [0.1, 0.15) is 6.04 Å². The second-order valence-corrected chi connectivity index (χ2v) is 9.59. The van der Waals surface area contributed by atoms with Crippen LogP contribution in [0.4, 0.5) is 0 Å². The summed E-state index contributed by atoms with van der Waals surface area (Å²) in [5.74, 6) is 1.48. The van der Waals surface area contributed by atoms with Crippen molar-refractivity contribution in [2.24, 2.45) is 4.99 Å². The molecule has 148 valence electrons. The Hall–Kier alpha value is -1.73. The van der Waals surface area contributed by atoms with Gasteiger partial charge in [0.25, 0.3) is 0 Å². The summed E-state index contributed by atoms with van der Waals surface area (Å²) in [5, 5.41) is 1.62. The van der Waals surface area contributed by atoms with Gasteiger partial charge in [0.2, 0.25) is 0 Å². The summed E-state index contributed by atoms with van der Waals surface area (Å²) in [6.07, 6.45) is 1.91. The minimum absolute atomic E-state index is 0.0472. The molecule has 0 saturated carbocycles. The lowest BCUT2D eigenvalue weighted by Crippen LogP contribution is -2.29. The smallest absolute Gasteiger partial charge is 0.162 e. The van der Waals surface area contributed by atoms with Crippen LogP contribution in [0.25, 0.3) is 0 Å². The highest BCUT2D eigenvalue weighted by Crippen LogP contribution is 2.50. The van der Waals surface area contributed by atoms with Gasteiger partial charge in [-0.1, -0.05) is 40.7 Å². The van der Waals surface area contributed by atoms with Gasteiger partial charge < -0.3 is 14.4 Å². The summed E-state index contributed by atoms with van der Waals surface area (Å²) in [6, 6.07) is 10.1. The van der Waals surface area contributed by atoms with Crippen molar-refractivity contribution in [3.05, 3.63) is 52.3 Å². The monoisotopic (exact) mass is 461 g/mol. The van der Waals surface area contributed by atoms with Crippen LogP contribution in [-0.4, -0.2) is 40.1 Å². The number of benzene rings is 1. The van der Waals surface area contributed by atoms with Gasteiger partial charge in [0.05, 0.1) is 24.9 Å². The summed E-state index contributed by atoms with van der Waals surface area (Å²) in [6.45, 7) is 7.24. The SMILES string of the molecule is COc1cc([C@H]2[C@@H](c3ccccn3)N=C3S[C@@H](C)CN32)c(Br)cc1OC(C)C. The summed E-state index contributed by atoms with van der Waals surface area (Å²) < 4.78 is 12.6. The van der Waals surface area contributed by atoms with E-state index in [0.29, 0.717) is 5.25 Å². The van der Waals surface area contributed by atoms with Gasteiger partial charge in [-0.05, 0) is 43.7 Å². The fourth-order valence-electron chi connectivity index (χ4n) is 3.74. The summed E-state index contributed by atoms with van der Waals surface area (Å²) in [5.41, 5.74) is 2.12. The normalized spacial score (nSPS) is 23.7. The molecule has 0 unspecified atom stereocenters. The molecule has 4 rings (SSSR count). The van der Waals surface area contributed by atoms with Crippen molar-refractivity contribution in [3.63, 3.8) is 0 Å². The van der Waals surface area contributed by atoms with E-state index in [4.69, 9.17) is 14.5 Å². The number of fused-ring (bicyclic) bond motifs is 1. The maximum absolute atomic E-state index is 5.94. The van der Waals surface area contributed by atoms with Crippen LogP contribution in [0.15, 0.2) is 46.0 Å². The molecule has 0 N–H and O–H groups in total. The van der Waals surface area contributed by atoms with Crippen LogP contribution >= 0.6 is 27.7 Å². The van der Waals surface area contributed by atoms with Crippen LogP contribution in [0.1, 0.15) is 44.1 Å². The van der Waals surface area contributed by atoms with E-state index in [1.807, 2.05) is 50.0 Å². The number of rotatable bonds is 5. The Balaban J connectivity index is 1.79. The molecule has 1 saturated heterocycles. The average molecular weight is 462 g/mol. The lowest BCUT2D eigenvalue weighted by atomic mass is 9.96. The first-order valence-corrected chi connectivity index (χ1v) is 11.1. The van der Waals surface area contributed by atoms with Crippen molar-refractivity contribution < 1.29 is 9.47 Å². The Morgan fingerprint density at radius 3 is 2.75 bits per heavy atom. The van der Waals surface area contributed by atoms with Crippen LogP contribution in [0, 0.1) is 0 Å². The first-order valence-electron chi connectivity index (χ1n) is 9.44. The summed E-state index contributed by atoms with van der Waals surface area (Å²) >= 11 is 5.62. The molecule has 0 amide bonds. The van der Waals surface area contributed by atoms with Gasteiger partial charge in [-0.3, -0.25) is 9.98 Å². The van der Waals surface area contributed by atoms with Gasteiger partial charge in [-0.15, -0.1) is 0 Å². The maximum atomic E-state index is 5.94. The third-order valence-electron chi connectivity index (χ3n) is 4.85. The zero-order valence-corrected chi connectivity index (χ0v) is 18.8. The summed E-state index contributed by atoms with van der Waals surface area (Å²) in [7, 11) is 1.68. The average Bonchev–Trinajstić information content (AvgIpc) is 3.18. The number of methoxy groups -OCH3 is 1. The number of hydrogen-bond acceptors (Lipinski definition) is 6. The highest BCUT2D eigenvalue weighted by Gasteiger charge is 2.44. The van der Waals surface area contributed by atoms with Gasteiger partial charge in [-0.25, -0.2) is 0 Å². The van der Waals surface area contributed by atoms with Gasteiger partial charge in [0.15, 0.2) is 16.7 Å². The molecule has 1 aromatic heterocycles. The van der Waals surface area contributed by atoms with E-state index < -0.39 is 0 Å². The first-order chi connectivity index (χ1) is 13.5. The largest absolute Gasteiger partial charge is 0.493 e. The van der Waals surface area contributed by atoms with E-state index in [1.54, 1.807) is 7.11 Å². The van der Waals surface area contributed by atoms with Gasteiger partial charge in [-0.2, -0.15) is 0 Å². The molecular weight excluding hydrogens is 438 g/mol. The third kappa shape index (κ3) is 3.62. The molecule has 3 atom stereocenters. The molecule has 2 aromatic rings. The van der Waals surface area contributed by atoms with Crippen LogP contribution in [0.3, 0.4) is 0 Å². The molecule has 0 bridgehead atoms. The van der Waals surface area contributed by atoms with E-state index in [9.17, 15) is 0 Å². The van der Waals surface area contributed by atoms with Crippen molar-refractivity contribution in [3.8, 4) is 11.5 Å². The molecule has 0 radical (unpaired) electrons. The number of nitrogens with zero attached hydrogens (tertiary/aromatic N) is 3. The number of aromatic nitrogens is 1. The fourth-order valence-corrected chi connectivity index (χ4v) is 5.39. The molecule has 1 fully saturated rings. The molecule has 3 heterocycles. The number of ether oxygens (including phenoxy) is 2. The van der Waals surface area contributed by atoms with Crippen molar-refractivity contribution in [1.29, 1.82) is 0 Å². The number of aliphatic imine (C=N–C) groups is 1. The Morgan fingerprint density at radius 2 is 2.07 bits per heavy atom. The van der Waals surface area contributed by atoms with E-state index in [2.05, 4.69) is 44.9 Å². The Morgan fingerprint density at radius 1 is 1.25 bits per heavy atom. The molecule has 2 aliphatic heterocycles. The number of amidine groups is 1. The number of pyridine rings is 1. The lowest BCUT2D eigenvalue weighted by molar-refractivity contribution is 0.229. The van der Waals surface area contributed by atoms with Crippen molar-refractivity contribution in [1.82, 2.24) is 9.88 Å². The predicted molar refractivity (Wildman–Crippen MR) is 117 cm³/mol. The van der Waals surface area contributed by atoms with Crippen LogP contribution < -0.4 is 9.47 Å². The van der Waals surface area contributed by atoms with Crippen LogP contribution in [0.5, 0.6) is 11.5 Å². The standard InChI is InChI=1S/C21H24BrN3O2S/c1-12(2)27-18-10-15(22)14(9-17(18)26-4)20-19(16-7-5-6-8-23-16)24-21-25(20)11-13(3)28-21/h5-10,12-13,19-20H,11H2,1-4H3/t13-,19+,20-/m0/s1. The lowest BCUT2D eigenvalue weighted by Gasteiger charge is -2.29. The van der Waals surface area contributed by atoms with Crippen molar-refractivity contribution >= 4 is 32.9 Å². The Bertz CT molecular complexity index is 891.